The van der Waals surface area contributed by atoms with Gasteiger partial charge in [-0.15, -0.1) is 0 Å². The summed E-state index contributed by atoms with van der Waals surface area (Å²) in [6.45, 7) is 19.3. The van der Waals surface area contributed by atoms with Crippen molar-refractivity contribution in [1.29, 1.82) is 0 Å². The van der Waals surface area contributed by atoms with Crippen LogP contribution < -0.4 is 0 Å². The normalized spacial score (nSPS) is 40.2. The van der Waals surface area contributed by atoms with Crippen LogP contribution in [0.3, 0.4) is 0 Å². The highest BCUT2D eigenvalue weighted by Crippen LogP contribution is 2.75. The van der Waals surface area contributed by atoms with Crippen LogP contribution in [-0.4, -0.2) is 34.9 Å². The third-order valence-corrected chi connectivity index (χ3v) is 15.0. The second-order valence-electron chi connectivity index (χ2n) is 18.2. The Morgan fingerprint density at radius 3 is 2.32 bits per heavy atom. The highest BCUT2D eigenvalue weighted by atomic mass is 16.5. The topological polar surface area (TPSA) is 93.1 Å². The van der Waals surface area contributed by atoms with Crippen molar-refractivity contribution in [2.75, 3.05) is 6.61 Å². The van der Waals surface area contributed by atoms with Crippen LogP contribution in [-0.2, 0) is 19.1 Å². The van der Waals surface area contributed by atoms with E-state index in [9.17, 15) is 19.8 Å². The van der Waals surface area contributed by atoms with Crippen molar-refractivity contribution < 1.29 is 29.3 Å². The fraction of sp³-hybridized carbons (Fsp3) is 0.707. The SMILES string of the molecule is CC(=O)OCC12CCC(C)(C)CC1C1=CCC3C4(C)CCC(OC(=O)C=Cc5ccc(O)c(O)c5)C(C)(C)C4CCC3(C)C1(C)CC2. The number of phenols is 2. The molecule has 0 aromatic heterocycles. The molecular weight excluding hydrogens is 588 g/mol. The van der Waals surface area contributed by atoms with Gasteiger partial charge >= 0.3 is 11.9 Å². The maximum absolute atomic E-state index is 13.1. The number of phenolic OH excluding ortho intramolecular Hbond substituents is 2. The number of fused-ring (bicyclic) bond motifs is 7. The first kappa shape index (κ1) is 34.1. The Balaban J connectivity index is 1.25. The number of carbonyl (C=O) groups excluding carboxylic acids is 2. The third-order valence-electron chi connectivity index (χ3n) is 15.0. The lowest BCUT2D eigenvalue weighted by Gasteiger charge is -2.71. The van der Waals surface area contributed by atoms with Gasteiger partial charge in [0, 0.05) is 23.8 Å². The molecule has 0 heterocycles. The molecule has 4 saturated carbocycles. The first-order valence-corrected chi connectivity index (χ1v) is 18.1. The Kier molecular flexibility index (Phi) is 8.28. The number of rotatable bonds is 5. The maximum atomic E-state index is 13.1. The lowest BCUT2D eigenvalue weighted by Crippen LogP contribution is -2.65. The number of ether oxygens (including phenoxy) is 2. The summed E-state index contributed by atoms with van der Waals surface area (Å²) in [5, 5.41) is 19.4. The molecule has 0 aliphatic heterocycles. The van der Waals surface area contributed by atoms with Gasteiger partial charge in [0.15, 0.2) is 11.5 Å². The molecule has 1 aromatic carbocycles. The van der Waals surface area contributed by atoms with Gasteiger partial charge in [0.05, 0.1) is 6.61 Å². The minimum Gasteiger partial charge on any atom is -0.504 e. The Labute approximate surface area is 282 Å². The second kappa shape index (κ2) is 11.4. The van der Waals surface area contributed by atoms with Gasteiger partial charge in [-0.3, -0.25) is 4.79 Å². The molecule has 6 nitrogen and oxygen atoms in total. The lowest BCUT2D eigenvalue weighted by atomic mass is 9.33. The first-order valence-electron chi connectivity index (χ1n) is 18.1. The van der Waals surface area contributed by atoms with E-state index in [4.69, 9.17) is 9.47 Å². The number of benzene rings is 1. The summed E-state index contributed by atoms with van der Waals surface area (Å²) in [5.41, 5.74) is 2.89. The quantitative estimate of drug-likeness (QED) is 0.143. The van der Waals surface area contributed by atoms with Crippen LogP contribution in [0.1, 0.15) is 125 Å². The first-order chi connectivity index (χ1) is 21.9. The van der Waals surface area contributed by atoms with Crippen LogP contribution >= 0.6 is 0 Å². The highest BCUT2D eigenvalue weighted by Gasteiger charge is 2.68. The van der Waals surface area contributed by atoms with Gasteiger partial charge < -0.3 is 19.7 Å². The van der Waals surface area contributed by atoms with Crippen molar-refractivity contribution in [3.8, 4) is 11.5 Å². The molecule has 0 saturated heterocycles. The van der Waals surface area contributed by atoms with Crippen LogP contribution in [0, 0.1) is 50.2 Å². The Morgan fingerprint density at radius 2 is 1.62 bits per heavy atom. The van der Waals surface area contributed by atoms with E-state index >= 15 is 0 Å². The average molecular weight is 647 g/mol. The number of esters is 2. The zero-order chi connectivity index (χ0) is 34.2. The molecule has 0 amide bonds. The number of carbonyl (C=O) groups is 2. The summed E-state index contributed by atoms with van der Waals surface area (Å²) in [6.07, 6.45) is 16.6. The van der Waals surface area contributed by atoms with E-state index in [2.05, 4.69) is 54.5 Å². The van der Waals surface area contributed by atoms with Crippen molar-refractivity contribution in [3.63, 3.8) is 0 Å². The van der Waals surface area contributed by atoms with Crippen molar-refractivity contribution in [3.05, 3.63) is 41.5 Å². The van der Waals surface area contributed by atoms with Crippen LogP contribution in [0.25, 0.3) is 6.08 Å². The van der Waals surface area contributed by atoms with Crippen molar-refractivity contribution >= 4 is 18.0 Å². The summed E-state index contributed by atoms with van der Waals surface area (Å²) in [4.78, 5) is 25.1. The minimum atomic E-state index is -0.368. The van der Waals surface area contributed by atoms with E-state index in [-0.39, 0.29) is 62.0 Å². The molecule has 258 valence electrons. The van der Waals surface area contributed by atoms with E-state index in [1.165, 1.54) is 37.5 Å². The number of hydrogen-bond acceptors (Lipinski definition) is 6. The van der Waals surface area contributed by atoms with E-state index in [1.54, 1.807) is 24.6 Å². The molecule has 8 unspecified atom stereocenters. The zero-order valence-electron chi connectivity index (χ0n) is 30.1. The molecule has 0 spiro atoms. The van der Waals surface area contributed by atoms with Gasteiger partial charge in [0.2, 0.25) is 0 Å². The molecule has 5 aliphatic carbocycles. The van der Waals surface area contributed by atoms with E-state index < -0.39 is 0 Å². The smallest absolute Gasteiger partial charge is 0.331 e. The Morgan fingerprint density at radius 1 is 0.894 bits per heavy atom. The van der Waals surface area contributed by atoms with Gasteiger partial charge in [0.1, 0.15) is 6.10 Å². The fourth-order valence-electron chi connectivity index (χ4n) is 12.0. The molecule has 0 radical (unpaired) electrons. The summed E-state index contributed by atoms with van der Waals surface area (Å²) < 4.78 is 12.0. The Bertz CT molecular complexity index is 1490. The van der Waals surface area contributed by atoms with E-state index in [1.807, 2.05) is 0 Å². The Hall–Kier alpha value is -2.76. The van der Waals surface area contributed by atoms with Gasteiger partial charge in [-0.05, 0) is 127 Å². The third kappa shape index (κ3) is 5.44. The van der Waals surface area contributed by atoms with Crippen LogP contribution in [0.4, 0.5) is 0 Å². The molecule has 47 heavy (non-hydrogen) atoms. The number of hydrogen-bond donors (Lipinski definition) is 2. The summed E-state index contributed by atoms with van der Waals surface area (Å²) in [7, 11) is 0. The van der Waals surface area contributed by atoms with E-state index in [0.717, 1.165) is 44.9 Å². The molecule has 0 bridgehead atoms. The summed E-state index contributed by atoms with van der Waals surface area (Å²) in [5.74, 6) is 0.519. The largest absolute Gasteiger partial charge is 0.504 e. The zero-order valence-corrected chi connectivity index (χ0v) is 30.1. The molecule has 6 rings (SSSR count). The van der Waals surface area contributed by atoms with Crippen LogP contribution in [0.2, 0.25) is 0 Å². The van der Waals surface area contributed by atoms with E-state index in [0.29, 0.717) is 29.9 Å². The highest BCUT2D eigenvalue weighted by molar-refractivity contribution is 5.87. The number of allylic oxidation sites excluding steroid dienone is 2. The van der Waals surface area contributed by atoms with Crippen molar-refractivity contribution in [1.82, 2.24) is 0 Å². The monoisotopic (exact) mass is 646 g/mol. The average Bonchev–Trinajstić information content (AvgIpc) is 2.98. The minimum absolute atomic E-state index is 0.0534. The number of aromatic hydroxyl groups is 2. The molecule has 2 N–H and O–H groups in total. The molecule has 8 atom stereocenters. The fourth-order valence-corrected chi connectivity index (χ4v) is 12.0. The predicted octanol–water partition coefficient (Wildman–Crippen LogP) is 9.39. The molecule has 6 heteroatoms. The second-order valence-corrected chi connectivity index (χ2v) is 18.2. The summed E-state index contributed by atoms with van der Waals surface area (Å²) in [6, 6.07) is 4.49. The van der Waals surface area contributed by atoms with Crippen molar-refractivity contribution in [2.24, 2.45) is 50.2 Å². The molecule has 1 aromatic rings. The maximum Gasteiger partial charge on any atom is 0.331 e. The van der Waals surface area contributed by atoms with Gasteiger partial charge in [-0.25, -0.2) is 4.79 Å². The van der Waals surface area contributed by atoms with Crippen molar-refractivity contribution in [2.45, 2.75) is 126 Å². The van der Waals surface area contributed by atoms with Crippen LogP contribution in [0.15, 0.2) is 35.9 Å². The predicted molar refractivity (Wildman–Crippen MR) is 184 cm³/mol. The van der Waals surface area contributed by atoms with Gasteiger partial charge in [-0.2, -0.15) is 0 Å². The van der Waals surface area contributed by atoms with Gasteiger partial charge in [0.25, 0.3) is 0 Å². The molecule has 5 aliphatic rings. The summed E-state index contributed by atoms with van der Waals surface area (Å²) >= 11 is 0. The van der Waals surface area contributed by atoms with Crippen LogP contribution in [0.5, 0.6) is 11.5 Å². The molecular formula is C41H58O6. The lowest BCUT2D eigenvalue weighted by molar-refractivity contribution is -0.212. The van der Waals surface area contributed by atoms with Gasteiger partial charge in [-0.1, -0.05) is 66.2 Å². The molecule has 4 fully saturated rings. The standard InChI is InChI=1S/C41H58O6/c1-26(42)46-25-41-21-19-36(2,3)24-29(41)28-11-13-33-38(6)17-16-34(47-35(45)14-10-27-9-12-30(43)31(44)23-27)37(4,5)32(38)15-18-40(33,8)39(28,7)20-22-41/h9-12,14,23,29,32-34,43-44H,13,15-22,24-25H2,1-8H3.